The van der Waals surface area contributed by atoms with E-state index >= 15 is 0 Å². The zero-order valence-electron chi connectivity index (χ0n) is 48.3. The van der Waals surface area contributed by atoms with Gasteiger partial charge in [-0.25, -0.2) is 9.59 Å². The SMILES string of the molecule is CCCC[C@H]1C(=O)N2CCC[C@H]2C(=O)N(C)CC/C=C\C(=O)OCC(C)(C)C(=O)C(=O)N2CCCC[C@H]2C(=O)O[C@H](CCc2ccc(OC)c(OC)c2)c2cccc(c2)OCC(=O)N(C)[C@@H](C)C(=O)NC(c2ccccc2)C(=O)N1C. The summed E-state index contributed by atoms with van der Waals surface area (Å²) in [7, 11) is 7.63. The van der Waals surface area contributed by atoms with Crippen LogP contribution in [-0.2, 0) is 59.0 Å². The molecule has 2 fully saturated rings. The Kier molecular flexibility index (Phi) is 22.4. The van der Waals surface area contributed by atoms with Gasteiger partial charge in [0.15, 0.2) is 18.1 Å². The molecule has 1 unspecified atom stereocenters. The van der Waals surface area contributed by atoms with E-state index in [0.717, 1.165) is 12.0 Å². The van der Waals surface area contributed by atoms with Gasteiger partial charge in [0.05, 0.1) is 19.6 Å². The van der Waals surface area contributed by atoms with E-state index in [1.807, 2.05) is 19.1 Å². The molecule has 6 rings (SSSR count). The van der Waals surface area contributed by atoms with E-state index < -0.39 is 102 Å². The molecule has 20 nitrogen and oxygen atoms in total. The van der Waals surface area contributed by atoms with Gasteiger partial charge in [0, 0.05) is 46.9 Å². The fraction of sp³-hybridized carbons (Fsp3) is 0.525. The predicted molar refractivity (Wildman–Crippen MR) is 300 cm³/mol. The molecule has 3 aromatic rings. The lowest BCUT2D eigenvalue weighted by molar-refractivity contribution is -0.165. The Morgan fingerprint density at radius 3 is 2.12 bits per heavy atom. The first-order chi connectivity index (χ1) is 38.7. The Morgan fingerprint density at radius 1 is 0.704 bits per heavy atom. The number of Topliss-reactive ketones (excluding diaryl/α,β-unsaturated/α-hetero) is 1. The first kappa shape index (κ1) is 62.4. The lowest BCUT2D eigenvalue weighted by Crippen LogP contribution is -2.56. The number of hydrogen-bond donors (Lipinski definition) is 1. The fourth-order valence-corrected chi connectivity index (χ4v) is 10.2. The molecule has 2 saturated heterocycles. The summed E-state index contributed by atoms with van der Waals surface area (Å²) >= 11 is 0. The quantitative estimate of drug-likeness (QED) is 0.193. The first-order valence-electron chi connectivity index (χ1n) is 28.0. The third-order valence-corrected chi connectivity index (χ3v) is 15.4. The summed E-state index contributed by atoms with van der Waals surface area (Å²) in [5.41, 5.74) is 0.319. The average Bonchev–Trinajstić information content (AvgIpc) is 3.99. The van der Waals surface area contributed by atoms with E-state index in [-0.39, 0.29) is 44.0 Å². The van der Waals surface area contributed by atoms with Gasteiger partial charge in [-0.15, -0.1) is 0 Å². The number of methoxy groups -OCH3 is 2. The van der Waals surface area contributed by atoms with Crippen molar-refractivity contribution in [1.29, 1.82) is 0 Å². The minimum Gasteiger partial charge on any atom is -0.493 e. The van der Waals surface area contributed by atoms with Gasteiger partial charge in [-0.2, -0.15) is 0 Å². The molecule has 81 heavy (non-hydrogen) atoms. The summed E-state index contributed by atoms with van der Waals surface area (Å²) in [6, 6.07) is 15.5. The van der Waals surface area contributed by atoms with Crippen molar-refractivity contribution in [3.8, 4) is 17.2 Å². The van der Waals surface area contributed by atoms with Gasteiger partial charge in [-0.3, -0.25) is 33.6 Å². The Hall–Kier alpha value is -7.77. The number of amides is 6. The van der Waals surface area contributed by atoms with Crippen molar-refractivity contribution in [3.63, 3.8) is 0 Å². The van der Waals surface area contributed by atoms with Crippen LogP contribution in [0.4, 0.5) is 0 Å². The third kappa shape index (κ3) is 16.0. The molecule has 6 amide bonds. The molecule has 0 aromatic heterocycles. The molecule has 0 saturated carbocycles. The summed E-state index contributed by atoms with van der Waals surface area (Å²) in [4.78, 5) is 134. The van der Waals surface area contributed by atoms with Gasteiger partial charge in [-0.05, 0) is 120 Å². The van der Waals surface area contributed by atoms with E-state index in [0.29, 0.717) is 74.1 Å². The highest BCUT2D eigenvalue weighted by Gasteiger charge is 2.44. The van der Waals surface area contributed by atoms with E-state index in [1.54, 1.807) is 67.7 Å². The number of unbranched alkanes of at least 4 members (excludes halogenated alkanes) is 1. The number of nitrogens with one attached hydrogen (secondary N) is 1. The molecular weight excluding hydrogens is 1040 g/mol. The van der Waals surface area contributed by atoms with Crippen LogP contribution in [0.25, 0.3) is 0 Å². The van der Waals surface area contributed by atoms with Crippen molar-refractivity contribution in [1.82, 2.24) is 29.8 Å². The largest absolute Gasteiger partial charge is 0.493 e. The smallest absolute Gasteiger partial charge is 0.330 e. The lowest BCUT2D eigenvalue weighted by Gasteiger charge is -2.36. The Labute approximate surface area is 475 Å². The maximum atomic E-state index is 14.8. The molecule has 0 aliphatic carbocycles. The van der Waals surface area contributed by atoms with Gasteiger partial charge in [-0.1, -0.05) is 74.4 Å². The molecule has 6 atom stereocenters. The number of ketones is 1. The number of benzene rings is 3. The average molecular weight is 1120 g/mol. The maximum absolute atomic E-state index is 14.8. The number of fused-ring (bicyclic) bond motifs is 4. The summed E-state index contributed by atoms with van der Waals surface area (Å²) in [5, 5.41) is 2.86. The molecule has 3 aromatic carbocycles. The minimum atomic E-state index is -1.48. The number of rotatable bonds is 9. The molecule has 0 spiro atoms. The van der Waals surface area contributed by atoms with E-state index in [1.165, 1.54) is 85.7 Å². The van der Waals surface area contributed by atoms with Crippen LogP contribution >= 0.6 is 0 Å². The van der Waals surface area contributed by atoms with Crippen LogP contribution in [-0.4, -0.2) is 170 Å². The monoisotopic (exact) mass is 1120 g/mol. The Balaban J connectivity index is 1.31. The van der Waals surface area contributed by atoms with Crippen LogP contribution in [0.1, 0.15) is 121 Å². The zero-order valence-corrected chi connectivity index (χ0v) is 48.3. The summed E-state index contributed by atoms with van der Waals surface area (Å²) in [5.74, 6) is -4.47. The van der Waals surface area contributed by atoms with Gasteiger partial charge in [0.1, 0.15) is 48.7 Å². The topological polar surface area (TPSA) is 228 Å². The van der Waals surface area contributed by atoms with E-state index in [4.69, 9.17) is 23.7 Å². The number of carbonyl (C=O) groups excluding carboxylic acids is 9. The van der Waals surface area contributed by atoms with Crippen molar-refractivity contribution in [2.24, 2.45) is 5.41 Å². The molecular formula is C61H80N6O14. The van der Waals surface area contributed by atoms with Gasteiger partial charge >= 0.3 is 11.9 Å². The predicted octanol–water partition coefficient (Wildman–Crippen LogP) is 5.95. The van der Waals surface area contributed by atoms with Gasteiger partial charge in [0.25, 0.3) is 11.8 Å². The van der Waals surface area contributed by atoms with Crippen LogP contribution in [0.3, 0.4) is 0 Å². The number of cyclic esters (lactones) is 2. The third-order valence-electron chi connectivity index (χ3n) is 15.4. The van der Waals surface area contributed by atoms with Crippen LogP contribution in [0, 0.1) is 5.41 Å². The summed E-state index contributed by atoms with van der Waals surface area (Å²) in [6.07, 6.45) is 6.59. The zero-order chi connectivity index (χ0) is 59.0. The number of piperidine rings is 1. The number of hydrogen-bond acceptors (Lipinski definition) is 14. The second-order valence-corrected chi connectivity index (χ2v) is 21.6. The molecule has 2 bridgehead atoms. The van der Waals surface area contributed by atoms with Gasteiger partial charge < -0.3 is 53.5 Å². The minimum absolute atomic E-state index is 0.111. The molecule has 3 heterocycles. The van der Waals surface area contributed by atoms with Crippen molar-refractivity contribution in [3.05, 3.63) is 102 Å². The normalized spacial score (nSPS) is 24.3. The maximum Gasteiger partial charge on any atom is 0.330 e. The second kappa shape index (κ2) is 29.1. The van der Waals surface area contributed by atoms with Crippen LogP contribution in [0.5, 0.6) is 17.2 Å². The van der Waals surface area contributed by atoms with E-state index in [2.05, 4.69) is 5.32 Å². The fourth-order valence-electron chi connectivity index (χ4n) is 10.2. The van der Waals surface area contributed by atoms with Crippen molar-refractivity contribution >= 4 is 53.2 Å². The Bertz CT molecular complexity index is 2770. The highest BCUT2D eigenvalue weighted by atomic mass is 16.5. The van der Waals surface area contributed by atoms with Crippen molar-refractivity contribution in [2.45, 2.75) is 135 Å². The van der Waals surface area contributed by atoms with Crippen LogP contribution < -0.4 is 19.5 Å². The molecule has 3 aliphatic rings. The molecule has 20 heteroatoms. The number of likely N-dealkylation sites (N-methyl/N-ethyl adjacent to an activating group) is 3. The number of esters is 2. The Morgan fingerprint density at radius 2 is 1.41 bits per heavy atom. The molecule has 3 aliphatic heterocycles. The van der Waals surface area contributed by atoms with E-state index in [9.17, 15) is 43.2 Å². The highest BCUT2D eigenvalue weighted by molar-refractivity contribution is 6.38. The molecule has 1 N–H and O–H groups in total. The first-order valence-corrected chi connectivity index (χ1v) is 28.0. The number of carbonyl (C=O) groups is 9. The summed E-state index contributed by atoms with van der Waals surface area (Å²) < 4.78 is 28.8. The number of ether oxygens (including phenoxy) is 5. The van der Waals surface area contributed by atoms with Crippen molar-refractivity contribution in [2.75, 3.05) is 68.2 Å². The second-order valence-electron chi connectivity index (χ2n) is 21.6. The van der Waals surface area contributed by atoms with Crippen molar-refractivity contribution < 1.29 is 66.8 Å². The highest BCUT2D eigenvalue weighted by Crippen LogP contribution is 2.33. The molecule has 438 valence electrons. The number of aryl methyl sites for hydroxylation is 1. The number of nitrogens with zero attached hydrogens (tertiary/aromatic N) is 5. The molecule has 0 radical (unpaired) electrons. The van der Waals surface area contributed by atoms with Gasteiger partial charge in [0.2, 0.25) is 29.4 Å². The van der Waals surface area contributed by atoms with Crippen LogP contribution in [0.2, 0.25) is 0 Å². The van der Waals surface area contributed by atoms with Crippen LogP contribution in [0.15, 0.2) is 84.9 Å². The standard InChI is InChI=1S/C61H80N6O14/c1-10-11-25-45-57(73)66-35-20-27-46(66)56(72)63(5)33-17-16-28-52(69)80-39-61(3,4)54(70)59(75)67-34-18-15-26-47(67)60(76)81-48(31-29-41-30-32-49(77-8)50(36-41)78-9)43-23-19-24-44(37-43)79-38-51(68)64(6)40(2)55(71)62-53(58(74)65(45)7)42-21-13-12-14-22-42/h12-14,16,19,21-24,28,30,32,36-37,40,45-48,53H,10-11,15,17-18,20,25-27,29,31,33-35,38-39H2,1-9H3,(H,62,71)/b28-16-/t40-,45-,46-,47-,48+,53?/m0/s1. The lowest BCUT2D eigenvalue weighted by atomic mass is 9.87. The summed E-state index contributed by atoms with van der Waals surface area (Å²) in [6.45, 7) is 6.11.